The third-order valence-electron chi connectivity index (χ3n) is 7.69. The molecule has 0 bridgehead atoms. The molecule has 1 N–H and O–H groups in total. The van der Waals surface area contributed by atoms with Gasteiger partial charge in [-0.3, -0.25) is 9.80 Å². The zero-order valence-corrected chi connectivity index (χ0v) is 23.7. The van der Waals surface area contributed by atoms with E-state index in [2.05, 4.69) is 78.4 Å². The molecule has 0 aromatic carbocycles. The molecule has 4 aromatic rings. The first-order valence-corrected chi connectivity index (χ1v) is 13.8. The van der Waals surface area contributed by atoms with Gasteiger partial charge in [-0.05, 0) is 52.3 Å². The number of aryl methyl sites for hydroxylation is 1. The molecule has 210 valence electrons. The van der Waals surface area contributed by atoms with Gasteiger partial charge < -0.3 is 14.6 Å². The summed E-state index contributed by atoms with van der Waals surface area (Å²) in [7, 11) is 0. The second kappa shape index (κ2) is 10.5. The Morgan fingerprint density at radius 2 is 1.88 bits per heavy atom. The van der Waals surface area contributed by atoms with Crippen LogP contribution < -0.4 is 5.32 Å². The number of ether oxygens (including phenoxy) is 1. The number of hydrogen-bond donors (Lipinski definition) is 1. The molecule has 0 spiro atoms. The normalized spacial score (nSPS) is 19.2. The van der Waals surface area contributed by atoms with E-state index >= 15 is 0 Å². The number of nitrogens with one attached hydrogen (secondary N) is 1. The van der Waals surface area contributed by atoms with E-state index in [4.69, 9.17) is 4.74 Å². The van der Waals surface area contributed by atoms with E-state index in [0.717, 1.165) is 56.3 Å². The number of piperazine rings is 1. The van der Waals surface area contributed by atoms with Crippen LogP contribution in [0.15, 0.2) is 36.8 Å². The van der Waals surface area contributed by atoms with Crippen LogP contribution >= 0.6 is 0 Å². The zero-order valence-electron chi connectivity index (χ0n) is 23.7. The number of fused-ring (bicyclic) bond motifs is 1. The number of rotatable bonds is 6. The molecule has 2 fully saturated rings. The van der Waals surface area contributed by atoms with Crippen LogP contribution in [0.4, 0.5) is 16.2 Å². The molecular formula is C29H36FN9O. The van der Waals surface area contributed by atoms with Gasteiger partial charge in [0, 0.05) is 55.7 Å². The summed E-state index contributed by atoms with van der Waals surface area (Å²) in [6.07, 6.45) is 4.65. The molecule has 2 aliphatic rings. The molecule has 2 saturated heterocycles. The summed E-state index contributed by atoms with van der Waals surface area (Å²) in [5.74, 6) is 1.20. The number of halogens is 1. The smallest absolute Gasteiger partial charge is 0.229 e. The van der Waals surface area contributed by atoms with Gasteiger partial charge in [0.05, 0.1) is 31.0 Å². The Labute approximate surface area is 233 Å². The van der Waals surface area contributed by atoms with Crippen LogP contribution in [0, 0.1) is 12.7 Å². The predicted octanol–water partition coefficient (Wildman–Crippen LogP) is 4.13. The van der Waals surface area contributed by atoms with Crippen molar-refractivity contribution in [2.45, 2.75) is 58.8 Å². The lowest BCUT2D eigenvalue weighted by Crippen LogP contribution is -2.60. The van der Waals surface area contributed by atoms with Crippen molar-refractivity contribution in [2.75, 3.05) is 38.2 Å². The Balaban J connectivity index is 1.15. The van der Waals surface area contributed by atoms with Crippen molar-refractivity contribution < 1.29 is 9.13 Å². The summed E-state index contributed by atoms with van der Waals surface area (Å²) < 4.78 is 22.4. The molecule has 2 aliphatic heterocycles. The first-order valence-electron chi connectivity index (χ1n) is 13.8. The van der Waals surface area contributed by atoms with Crippen molar-refractivity contribution in [3.05, 3.63) is 54.0 Å². The molecule has 6 rings (SSSR count). The highest BCUT2D eigenvalue weighted by Gasteiger charge is 2.33. The summed E-state index contributed by atoms with van der Waals surface area (Å²) in [5, 5.41) is 3.12. The highest BCUT2D eigenvalue weighted by Crippen LogP contribution is 2.29. The third kappa shape index (κ3) is 5.28. The number of nitrogens with zero attached hydrogens (tertiary/aromatic N) is 8. The van der Waals surface area contributed by atoms with Gasteiger partial charge in [0.1, 0.15) is 17.3 Å². The van der Waals surface area contributed by atoms with Crippen LogP contribution in [0.3, 0.4) is 0 Å². The van der Waals surface area contributed by atoms with Crippen molar-refractivity contribution in [1.29, 1.82) is 0 Å². The van der Waals surface area contributed by atoms with Gasteiger partial charge in [-0.2, -0.15) is 0 Å². The summed E-state index contributed by atoms with van der Waals surface area (Å²) in [6, 6.07) is 6.94. The van der Waals surface area contributed by atoms with Gasteiger partial charge in [0.15, 0.2) is 11.5 Å². The zero-order chi connectivity index (χ0) is 28.0. The number of aromatic nitrogens is 6. The molecule has 40 heavy (non-hydrogen) atoms. The second-order valence-electron chi connectivity index (χ2n) is 11.8. The van der Waals surface area contributed by atoms with E-state index in [1.54, 1.807) is 6.20 Å². The Morgan fingerprint density at radius 3 is 2.55 bits per heavy atom. The molecule has 0 saturated carbocycles. The quantitative estimate of drug-likeness (QED) is 0.384. The van der Waals surface area contributed by atoms with Gasteiger partial charge in [-0.15, -0.1) is 0 Å². The summed E-state index contributed by atoms with van der Waals surface area (Å²) in [5.41, 5.74) is 3.13. The van der Waals surface area contributed by atoms with E-state index < -0.39 is 5.82 Å². The molecule has 4 aromatic heterocycles. The third-order valence-corrected chi connectivity index (χ3v) is 7.69. The van der Waals surface area contributed by atoms with Crippen LogP contribution in [0.1, 0.15) is 39.1 Å². The van der Waals surface area contributed by atoms with E-state index in [-0.39, 0.29) is 17.2 Å². The molecule has 11 heteroatoms. The molecule has 6 heterocycles. The minimum absolute atomic E-state index is 0.171. The first kappa shape index (κ1) is 26.7. The average Bonchev–Trinajstić information content (AvgIpc) is 3.22. The van der Waals surface area contributed by atoms with E-state index in [9.17, 15) is 4.39 Å². The van der Waals surface area contributed by atoms with Crippen molar-refractivity contribution in [3.63, 3.8) is 0 Å². The number of hydrogen-bond acceptors (Lipinski definition) is 9. The maximum atomic E-state index is 14.9. The molecule has 10 nitrogen and oxygen atoms in total. The van der Waals surface area contributed by atoms with Crippen molar-refractivity contribution in [1.82, 2.24) is 39.3 Å². The Bertz CT molecular complexity index is 1510. The fraction of sp³-hybridized carbons (Fsp3) is 0.483. The molecular weight excluding hydrogens is 509 g/mol. The van der Waals surface area contributed by atoms with Gasteiger partial charge in [0.25, 0.3) is 0 Å². The lowest BCUT2D eigenvalue weighted by molar-refractivity contribution is -0.0940. The van der Waals surface area contributed by atoms with Crippen LogP contribution in [-0.4, -0.2) is 84.2 Å². The van der Waals surface area contributed by atoms with Crippen molar-refractivity contribution >= 4 is 22.9 Å². The van der Waals surface area contributed by atoms with E-state index in [1.165, 1.54) is 6.20 Å². The molecule has 0 aliphatic carbocycles. The summed E-state index contributed by atoms with van der Waals surface area (Å²) in [4.78, 5) is 27.3. The van der Waals surface area contributed by atoms with Crippen LogP contribution in [0.2, 0.25) is 0 Å². The van der Waals surface area contributed by atoms with E-state index in [0.29, 0.717) is 29.1 Å². The molecule has 1 atom stereocenters. The predicted molar refractivity (Wildman–Crippen MR) is 152 cm³/mol. The molecule has 1 unspecified atom stereocenters. The number of imidazole rings is 1. The number of pyridine rings is 2. The highest BCUT2D eigenvalue weighted by molar-refractivity contribution is 5.78. The highest BCUT2D eigenvalue weighted by atomic mass is 19.1. The SMILES string of the molecule is Cc1nc2ncc(-c3nc(Nc4ccc(CN5CCN(C6COC6)C(C)C5)cn4)ncc3F)cc2n1C(C)(C)C. The average molecular weight is 546 g/mol. The largest absolute Gasteiger partial charge is 0.378 e. The monoisotopic (exact) mass is 545 g/mol. The minimum Gasteiger partial charge on any atom is -0.378 e. The Hall–Kier alpha value is -3.54. The molecule has 0 amide bonds. The fourth-order valence-electron chi connectivity index (χ4n) is 5.79. The maximum absolute atomic E-state index is 14.9. The maximum Gasteiger partial charge on any atom is 0.229 e. The van der Waals surface area contributed by atoms with Crippen molar-refractivity contribution in [2.24, 2.45) is 0 Å². The Kier molecular flexibility index (Phi) is 6.97. The first-order chi connectivity index (χ1) is 19.2. The van der Waals surface area contributed by atoms with Crippen LogP contribution in [-0.2, 0) is 16.8 Å². The van der Waals surface area contributed by atoms with E-state index in [1.807, 2.05) is 25.3 Å². The number of anilines is 2. The summed E-state index contributed by atoms with van der Waals surface area (Å²) in [6.45, 7) is 16.2. The standard InChI is InChI=1S/C29H36FN9O/c1-18-14-37(8-9-38(18)22-16-40-17-22)15-20-6-7-25(31-11-20)35-28-33-13-23(30)26(36-28)21-10-24-27(32-12-21)34-19(2)39(24)29(3,4)5/h6-7,10-13,18,22H,8-9,14-17H2,1-5H3,(H,31,33,35,36). The minimum atomic E-state index is -0.521. The van der Waals surface area contributed by atoms with Gasteiger partial charge >= 0.3 is 0 Å². The topological polar surface area (TPSA) is 97.1 Å². The van der Waals surface area contributed by atoms with Crippen LogP contribution in [0.25, 0.3) is 22.4 Å². The lowest BCUT2D eigenvalue weighted by Gasteiger charge is -2.46. The Morgan fingerprint density at radius 1 is 1.05 bits per heavy atom. The second-order valence-corrected chi connectivity index (χ2v) is 11.8. The van der Waals surface area contributed by atoms with Crippen molar-refractivity contribution in [3.8, 4) is 11.3 Å². The summed E-state index contributed by atoms with van der Waals surface area (Å²) >= 11 is 0. The van der Waals surface area contributed by atoms with Gasteiger partial charge in [-0.1, -0.05) is 6.07 Å². The molecule has 0 radical (unpaired) electrons. The fourth-order valence-corrected chi connectivity index (χ4v) is 5.79. The van der Waals surface area contributed by atoms with Gasteiger partial charge in [0.2, 0.25) is 5.95 Å². The van der Waals surface area contributed by atoms with Crippen LogP contribution in [0.5, 0.6) is 0 Å². The van der Waals surface area contributed by atoms with Gasteiger partial charge in [-0.25, -0.2) is 29.3 Å². The lowest BCUT2D eigenvalue weighted by atomic mass is 10.1.